The molecule has 1 unspecified atom stereocenters. The van der Waals surface area contributed by atoms with Gasteiger partial charge in [-0.05, 0) is 12.2 Å². The van der Waals surface area contributed by atoms with E-state index in [0.29, 0.717) is 11.7 Å². The van der Waals surface area contributed by atoms with Gasteiger partial charge in [-0.1, -0.05) is 13.3 Å². The Bertz CT molecular complexity index is 220. The minimum atomic E-state index is 0.259. The molecule has 0 radical (unpaired) electrons. The van der Waals surface area contributed by atoms with Crippen LogP contribution in [0.2, 0.25) is 0 Å². The average molecular weight is 313 g/mol. The number of Topliss-reactive ketones (excluding diaryl/α,β-unsaturated/α-hetero) is 1. The van der Waals surface area contributed by atoms with Crippen LogP contribution in [-0.2, 0) is 4.79 Å². The van der Waals surface area contributed by atoms with Crippen LogP contribution in [0.3, 0.4) is 0 Å². The average Bonchev–Trinajstić information content (AvgIpc) is 2.47. The van der Waals surface area contributed by atoms with Crippen LogP contribution in [0.25, 0.3) is 0 Å². The highest BCUT2D eigenvalue weighted by Gasteiger charge is 2.34. The van der Waals surface area contributed by atoms with Crippen molar-refractivity contribution >= 4 is 45.4 Å². The Kier molecular flexibility index (Phi) is 4.89. The minimum absolute atomic E-state index is 0.259. The molecule has 4 heteroatoms. The molecular weight excluding hydrogens is 297 g/mol. The van der Waals surface area contributed by atoms with Crippen molar-refractivity contribution < 1.29 is 4.79 Å². The molecule has 0 bridgehead atoms. The number of ketones is 1. The van der Waals surface area contributed by atoms with Crippen LogP contribution in [0.15, 0.2) is 0 Å². The van der Waals surface area contributed by atoms with Gasteiger partial charge in [0.1, 0.15) is 0 Å². The number of rotatable bonds is 3. The number of thiol groups is 1. The van der Waals surface area contributed by atoms with Gasteiger partial charge >= 0.3 is 0 Å². The van der Waals surface area contributed by atoms with E-state index in [0.717, 1.165) is 30.9 Å². The van der Waals surface area contributed by atoms with Gasteiger partial charge in [0, 0.05) is 47.2 Å². The summed E-state index contributed by atoms with van der Waals surface area (Å²) in [4.78, 5) is 11.7. The van der Waals surface area contributed by atoms with Crippen LogP contribution < -0.4 is 0 Å². The lowest BCUT2D eigenvalue weighted by atomic mass is 9.91. The second-order valence-electron chi connectivity index (χ2n) is 3.39. The summed E-state index contributed by atoms with van der Waals surface area (Å²) < 4.78 is 2.23. The van der Waals surface area contributed by atoms with Gasteiger partial charge in [-0.2, -0.15) is 0 Å². The maximum absolute atomic E-state index is 11.7. The Morgan fingerprint density at radius 2 is 2.38 bits per heavy atom. The van der Waals surface area contributed by atoms with Crippen molar-refractivity contribution in [2.24, 2.45) is 11.8 Å². The first-order chi connectivity index (χ1) is 6.19. The van der Waals surface area contributed by atoms with Crippen molar-refractivity contribution in [2.45, 2.75) is 13.3 Å². The van der Waals surface area contributed by atoms with E-state index in [1.54, 1.807) is 0 Å². The fraction of sp³-hybridized carbons (Fsp3) is 0.778. The quantitative estimate of drug-likeness (QED) is 0.371. The monoisotopic (exact) mass is 313 g/mol. The van der Waals surface area contributed by atoms with Crippen molar-refractivity contribution in [3.05, 3.63) is 0 Å². The van der Waals surface area contributed by atoms with E-state index in [9.17, 15) is 4.79 Å². The van der Waals surface area contributed by atoms with E-state index in [4.69, 9.17) is 0 Å². The lowest BCUT2D eigenvalue weighted by Gasteiger charge is -2.12. The third-order valence-electron chi connectivity index (χ3n) is 2.54. The van der Waals surface area contributed by atoms with Crippen LogP contribution in [0.5, 0.6) is 0 Å². The lowest BCUT2D eigenvalue weighted by Crippen LogP contribution is -2.22. The van der Waals surface area contributed by atoms with Crippen molar-refractivity contribution in [1.82, 2.24) is 3.11 Å². The number of carbonyl (C=O) groups is 1. The molecule has 0 aromatic heterocycles. The molecule has 0 N–H and O–H groups in total. The fourth-order valence-corrected chi connectivity index (χ4v) is 3.15. The number of carbonyl (C=O) groups excluding carboxylic acids is 1. The summed E-state index contributed by atoms with van der Waals surface area (Å²) in [5.74, 6) is 1.17. The molecule has 1 aliphatic heterocycles. The summed E-state index contributed by atoms with van der Waals surface area (Å²) >= 11 is 3.40. The van der Waals surface area contributed by atoms with E-state index in [1.165, 1.54) is 0 Å². The van der Waals surface area contributed by atoms with Crippen molar-refractivity contribution in [1.29, 1.82) is 0 Å². The van der Waals surface area contributed by atoms with Crippen molar-refractivity contribution in [3.8, 4) is 0 Å². The Hall–Kier alpha value is 0.580. The molecule has 1 rings (SSSR count). The van der Waals surface area contributed by atoms with Crippen molar-refractivity contribution in [2.75, 3.05) is 19.3 Å². The zero-order valence-corrected chi connectivity index (χ0v) is 11.1. The molecule has 76 valence electrons. The van der Waals surface area contributed by atoms with Gasteiger partial charge in [0.2, 0.25) is 0 Å². The standard InChI is InChI=1S/C9H16INOS/c1-3-7-4-11(10)5-8(7)9(12)6-13-2/h6-8,13H,3-5H2,1-2H3/t7-,8?/m1/s1. The smallest absolute Gasteiger partial charge is 0.165 e. The van der Waals surface area contributed by atoms with Crippen molar-refractivity contribution in [3.63, 3.8) is 0 Å². The number of nitrogens with zero attached hydrogens (tertiary/aromatic N) is 1. The number of hydrogen-bond donors (Lipinski definition) is 1. The van der Waals surface area contributed by atoms with Gasteiger partial charge in [-0.25, -0.2) is 14.5 Å². The Morgan fingerprint density at radius 3 is 2.92 bits per heavy atom. The zero-order valence-electron chi connectivity index (χ0n) is 8.03. The van der Waals surface area contributed by atoms with Crippen LogP contribution in [0.4, 0.5) is 0 Å². The molecule has 2 atom stereocenters. The van der Waals surface area contributed by atoms with Crippen LogP contribution >= 0.6 is 34.2 Å². The molecule has 2 nitrogen and oxygen atoms in total. The molecule has 1 aliphatic rings. The largest absolute Gasteiger partial charge is 0.294 e. The van der Waals surface area contributed by atoms with E-state index in [1.807, 2.05) is 11.6 Å². The highest BCUT2D eigenvalue weighted by molar-refractivity contribution is 14.1. The normalized spacial score (nSPS) is 30.7. The predicted molar refractivity (Wildman–Crippen MR) is 68.8 cm³/mol. The highest BCUT2D eigenvalue weighted by atomic mass is 127. The first-order valence-corrected chi connectivity index (χ1v) is 6.93. The lowest BCUT2D eigenvalue weighted by molar-refractivity contribution is -0.116. The van der Waals surface area contributed by atoms with Crippen LogP contribution in [0, 0.1) is 11.8 Å². The molecule has 1 heterocycles. The molecule has 0 amide bonds. The second kappa shape index (κ2) is 5.46. The predicted octanol–water partition coefficient (Wildman–Crippen LogP) is 1.76. The van der Waals surface area contributed by atoms with Crippen LogP contribution in [0.1, 0.15) is 13.3 Å². The molecule has 0 saturated carbocycles. The molecule has 0 aromatic carbocycles. The summed E-state index contributed by atoms with van der Waals surface area (Å²) in [6.07, 6.45) is 3.11. The van der Waals surface area contributed by atoms with E-state index in [2.05, 4.69) is 32.9 Å². The third-order valence-corrected chi connectivity index (χ3v) is 3.84. The van der Waals surface area contributed by atoms with Gasteiger partial charge in [-0.3, -0.25) is 4.79 Å². The summed E-state index contributed by atoms with van der Waals surface area (Å²) in [6.45, 7) is 4.18. The Morgan fingerprint density at radius 1 is 1.69 bits per heavy atom. The molecule has 0 spiro atoms. The van der Waals surface area contributed by atoms with E-state index in [-0.39, 0.29) is 5.92 Å². The summed E-state index contributed by atoms with van der Waals surface area (Å²) in [5.41, 5.74) is 0. The van der Waals surface area contributed by atoms with Gasteiger partial charge < -0.3 is 0 Å². The highest BCUT2D eigenvalue weighted by Crippen LogP contribution is 2.28. The minimum Gasteiger partial charge on any atom is -0.294 e. The summed E-state index contributed by atoms with van der Waals surface area (Å²) in [7, 11) is 0. The topological polar surface area (TPSA) is 20.3 Å². The zero-order chi connectivity index (χ0) is 9.84. The maximum atomic E-state index is 11.7. The van der Waals surface area contributed by atoms with Gasteiger partial charge in [0.15, 0.2) is 5.78 Å². The summed E-state index contributed by atoms with van der Waals surface area (Å²) in [5, 5.41) is 1.81. The second-order valence-corrected chi connectivity index (χ2v) is 5.53. The number of hydrogen-bond acceptors (Lipinski definition) is 2. The third kappa shape index (κ3) is 3.02. The first kappa shape index (κ1) is 11.7. The molecule has 0 aromatic rings. The van der Waals surface area contributed by atoms with Gasteiger partial charge in [-0.15, -0.1) is 0 Å². The molecule has 1 fully saturated rings. The van der Waals surface area contributed by atoms with Gasteiger partial charge in [0.25, 0.3) is 0 Å². The Balaban J connectivity index is 2.62. The van der Waals surface area contributed by atoms with Gasteiger partial charge in [0.05, 0.1) is 0 Å². The molecule has 13 heavy (non-hydrogen) atoms. The van der Waals surface area contributed by atoms with E-state index >= 15 is 0 Å². The summed E-state index contributed by atoms with van der Waals surface area (Å²) in [6, 6.07) is 0. The SMILES string of the molecule is CC[C@@H]1CN(I)CC1C(=O)/C=[SH]/C. The number of halogens is 1. The Labute approximate surface area is 97.5 Å². The molecular formula is C9H16INOS. The fourth-order valence-electron chi connectivity index (χ4n) is 1.78. The molecule has 0 aliphatic carbocycles. The van der Waals surface area contributed by atoms with E-state index < -0.39 is 0 Å². The first-order valence-electron chi connectivity index (χ1n) is 4.55. The van der Waals surface area contributed by atoms with Crippen LogP contribution in [-0.4, -0.2) is 33.6 Å². The maximum Gasteiger partial charge on any atom is 0.165 e. The molecule has 1 saturated heterocycles.